The summed E-state index contributed by atoms with van der Waals surface area (Å²) < 4.78 is 6.95. The highest BCUT2D eigenvalue weighted by molar-refractivity contribution is 6.21. The van der Waals surface area contributed by atoms with Gasteiger partial charge in [0.25, 0.3) is 0 Å². The van der Waals surface area contributed by atoms with Crippen molar-refractivity contribution in [2.24, 2.45) is 0 Å². The van der Waals surface area contributed by atoms with Crippen molar-refractivity contribution < 1.29 is 4.42 Å². The van der Waals surface area contributed by atoms with Crippen molar-refractivity contribution >= 4 is 65.0 Å². The van der Waals surface area contributed by atoms with Gasteiger partial charge >= 0.3 is 0 Å². The van der Waals surface area contributed by atoms with Gasteiger partial charge in [-0.05, 0) is 96.2 Å². The summed E-state index contributed by atoms with van der Waals surface area (Å²) in [5.41, 5.74) is 8.95. The number of rotatable bonds is 5. The molecule has 0 saturated heterocycles. The van der Waals surface area contributed by atoms with E-state index in [9.17, 15) is 0 Å². The van der Waals surface area contributed by atoms with E-state index in [1.165, 1.54) is 32.7 Å². The van der Waals surface area contributed by atoms with Crippen LogP contribution in [0.5, 0.6) is 0 Å². The fourth-order valence-corrected chi connectivity index (χ4v) is 8.72. The minimum atomic E-state index is 0.592. The Morgan fingerprint density at radius 1 is 0.305 bits per heavy atom. The third-order valence-electron chi connectivity index (χ3n) is 11.6. The Labute approximate surface area is 339 Å². The number of fused-ring (bicyclic) bond motifs is 7. The van der Waals surface area contributed by atoms with Crippen LogP contribution in [0.3, 0.4) is 0 Å². The molecule has 2 heterocycles. The largest absolute Gasteiger partial charge is 0.455 e. The third kappa shape index (κ3) is 5.65. The molecule has 0 unspecified atom stereocenters. The van der Waals surface area contributed by atoms with Gasteiger partial charge in [-0.1, -0.05) is 164 Å². The smallest absolute Gasteiger partial charge is 0.164 e. The topological polar surface area (TPSA) is 51.8 Å². The van der Waals surface area contributed by atoms with Gasteiger partial charge in [0.05, 0.1) is 0 Å². The van der Waals surface area contributed by atoms with Gasteiger partial charge in [0.1, 0.15) is 11.2 Å². The van der Waals surface area contributed by atoms with Gasteiger partial charge in [0.2, 0.25) is 0 Å². The van der Waals surface area contributed by atoms with Crippen LogP contribution in [0.4, 0.5) is 0 Å². The molecule has 0 radical (unpaired) electrons. The Morgan fingerprint density at radius 3 is 1.51 bits per heavy atom. The molecule has 274 valence electrons. The lowest BCUT2D eigenvalue weighted by Gasteiger charge is -2.11. The minimum Gasteiger partial charge on any atom is -0.455 e. The SMILES string of the molecule is c1ccc(-c2ccc3cc(-c4c5ccccc5cc5c4oc4cccc(-c6nc(-c7ccc8ccccc8c7)nc(-c7ccc8ccccc8c7)n6)c45)ccc3c2)cc1. The highest BCUT2D eigenvalue weighted by atomic mass is 16.3. The number of furan rings is 1. The molecule has 0 atom stereocenters. The van der Waals surface area contributed by atoms with E-state index >= 15 is 0 Å². The third-order valence-corrected chi connectivity index (χ3v) is 11.6. The Hall–Kier alpha value is -7.95. The second-order valence-corrected chi connectivity index (χ2v) is 15.2. The molecule has 0 fully saturated rings. The van der Waals surface area contributed by atoms with Crippen LogP contribution >= 0.6 is 0 Å². The first-order valence-electron chi connectivity index (χ1n) is 19.9. The zero-order valence-corrected chi connectivity index (χ0v) is 31.8. The second-order valence-electron chi connectivity index (χ2n) is 15.2. The lowest BCUT2D eigenvalue weighted by Crippen LogP contribution is -2.00. The zero-order chi connectivity index (χ0) is 38.9. The lowest BCUT2D eigenvalue weighted by atomic mass is 9.92. The van der Waals surface area contributed by atoms with E-state index in [2.05, 4.69) is 194 Å². The molecule has 4 nitrogen and oxygen atoms in total. The van der Waals surface area contributed by atoms with Gasteiger partial charge in [0.15, 0.2) is 17.5 Å². The number of aromatic nitrogens is 3. The van der Waals surface area contributed by atoms with Gasteiger partial charge in [-0.3, -0.25) is 0 Å². The van der Waals surface area contributed by atoms with Crippen molar-refractivity contribution in [2.45, 2.75) is 0 Å². The Balaban J connectivity index is 1.08. The molecule has 0 aliphatic rings. The summed E-state index contributed by atoms with van der Waals surface area (Å²) in [4.78, 5) is 15.6. The number of nitrogens with zero attached hydrogens (tertiary/aromatic N) is 3. The van der Waals surface area contributed by atoms with Crippen LogP contribution < -0.4 is 0 Å². The molecular weight excluding hydrogens is 719 g/mol. The average Bonchev–Trinajstić information content (AvgIpc) is 3.68. The van der Waals surface area contributed by atoms with Gasteiger partial charge in [-0.25, -0.2) is 15.0 Å². The first-order chi connectivity index (χ1) is 29.2. The maximum atomic E-state index is 6.95. The molecule has 0 saturated carbocycles. The van der Waals surface area contributed by atoms with E-state index in [0.29, 0.717) is 17.5 Å². The van der Waals surface area contributed by atoms with Crippen molar-refractivity contribution in [3.63, 3.8) is 0 Å². The molecule has 0 amide bonds. The molecule has 10 aromatic carbocycles. The standard InChI is InChI=1S/C55H33N3O/c1-2-11-34(12-3-1)39-23-24-41-30-43(26-25-40(41)29-39)50-46-18-9-8-17-42(46)33-48-51-47(19-10-20-49(51)59-52(48)50)55-57-53(44-27-21-35-13-4-6-15-37(35)31-44)56-54(58-55)45-28-22-36-14-5-7-16-38(36)32-45/h1-33H. The van der Waals surface area contributed by atoms with E-state index in [0.717, 1.165) is 71.3 Å². The molecule has 0 aliphatic heterocycles. The van der Waals surface area contributed by atoms with Crippen LogP contribution in [0, 0.1) is 0 Å². The molecule has 12 rings (SSSR count). The summed E-state index contributed by atoms with van der Waals surface area (Å²) in [5, 5.41) is 11.2. The minimum absolute atomic E-state index is 0.592. The van der Waals surface area contributed by atoms with Gasteiger partial charge in [-0.2, -0.15) is 0 Å². The fourth-order valence-electron chi connectivity index (χ4n) is 8.72. The summed E-state index contributed by atoms with van der Waals surface area (Å²) in [6.07, 6.45) is 0. The van der Waals surface area contributed by atoms with E-state index in [1.54, 1.807) is 0 Å². The van der Waals surface area contributed by atoms with Crippen molar-refractivity contribution in [2.75, 3.05) is 0 Å². The van der Waals surface area contributed by atoms with Gasteiger partial charge in [-0.15, -0.1) is 0 Å². The molecule has 0 spiro atoms. The summed E-state index contributed by atoms with van der Waals surface area (Å²) in [6.45, 7) is 0. The zero-order valence-electron chi connectivity index (χ0n) is 31.8. The molecule has 59 heavy (non-hydrogen) atoms. The fraction of sp³-hybridized carbons (Fsp3) is 0. The molecule has 12 aromatic rings. The summed E-state index contributed by atoms with van der Waals surface area (Å²) in [7, 11) is 0. The average molecular weight is 752 g/mol. The summed E-state index contributed by atoms with van der Waals surface area (Å²) in [5.74, 6) is 1.83. The van der Waals surface area contributed by atoms with Crippen LogP contribution in [-0.4, -0.2) is 15.0 Å². The van der Waals surface area contributed by atoms with Crippen molar-refractivity contribution in [1.29, 1.82) is 0 Å². The highest BCUT2D eigenvalue weighted by Crippen LogP contribution is 2.44. The Morgan fingerprint density at radius 2 is 0.814 bits per heavy atom. The van der Waals surface area contributed by atoms with E-state index in [4.69, 9.17) is 19.4 Å². The molecule has 4 heteroatoms. The molecule has 0 bridgehead atoms. The quantitative estimate of drug-likeness (QED) is 0.176. The Kier molecular flexibility index (Phi) is 7.50. The maximum Gasteiger partial charge on any atom is 0.164 e. The summed E-state index contributed by atoms with van der Waals surface area (Å²) >= 11 is 0. The van der Waals surface area contributed by atoms with E-state index in [1.807, 2.05) is 6.07 Å². The Bertz CT molecular complexity index is 3530. The first kappa shape index (κ1) is 33.2. The summed E-state index contributed by atoms with van der Waals surface area (Å²) in [6, 6.07) is 70.6. The predicted molar refractivity (Wildman–Crippen MR) is 244 cm³/mol. The van der Waals surface area contributed by atoms with Crippen molar-refractivity contribution in [3.8, 4) is 56.4 Å². The van der Waals surface area contributed by atoms with Gasteiger partial charge < -0.3 is 4.42 Å². The predicted octanol–water partition coefficient (Wildman–Crippen LogP) is 14.7. The lowest BCUT2D eigenvalue weighted by molar-refractivity contribution is 0.670. The van der Waals surface area contributed by atoms with Gasteiger partial charge in [0, 0.05) is 33.0 Å². The molecule has 0 N–H and O–H groups in total. The van der Waals surface area contributed by atoms with Crippen molar-refractivity contribution in [3.05, 3.63) is 200 Å². The van der Waals surface area contributed by atoms with Crippen LogP contribution in [0.1, 0.15) is 0 Å². The maximum absolute atomic E-state index is 6.95. The van der Waals surface area contributed by atoms with E-state index < -0.39 is 0 Å². The van der Waals surface area contributed by atoms with Crippen molar-refractivity contribution in [1.82, 2.24) is 15.0 Å². The normalized spacial score (nSPS) is 11.7. The molecule has 2 aromatic heterocycles. The molecule has 0 aliphatic carbocycles. The monoisotopic (exact) mass is 751 g/mol. The van der Waals surface area contributed by atoms with Crippen LogP contribution in [0.2, 0.25) is 0 Å². The van der Waals surface area contributed by atoms with Crippen LogP contribution in [0.25, 0.3) is 121 Å². The number of hydrogen-bond donors (Lipinski definition) is 0. The number of benzene rings is 10. The van der Waals surface area contributed by atoms with E-state index in [-0.39, 0.29) is 0 Å². The molecular formula is C55H33N3O. The van der Waals surface area contributed by atoms with Crippen LogP contribution in [0.15, 0.2) is 205 Å². The highest BCUT2D eigenvalue weighted by Gasteiger charge is 2.22. The van der Waals surface area contributed by atoms with Crippen LogP contribution in [-0.2, 0) is 0 Å². The second kappa shape index (κ2) is 13.3. The first-order valence-corrected chi connectivity index (χ1v) is 19.9. The number of hydrogen-bond acceptors (Lipinski definition) is 4.